The molecule has 0 bridgehead atoms. The summed E-state index contributed by atoms with van der Waals surface area (Å²) in [5.41, 5.74) is 0. The van der Waals surface area contributed by atoms with Gasteiger partial charge in [-0.25, -0.2) is 0 Å². The molecule has 94 valence electrons. The Morgan fingerprint density at radius 2 is 1.81 bits per heavy atom. The maximum Gasteiger partial charge on any atom is 0.303 e. The van der Waals surface area contributed by atoms with Crippen molar-refractivity contribution in [1.82, 2.24) is 10.2 Å². The first-order chi connectivity index (χ1) is 7.56. The molecule has 2 N–H and O–H groups in total. The standard InChI is InChI=1S/C11H22N2O3/c1-12-10(14)7-9-13(2)8-5-3-4-6-11(15)16/h3-9H2,1-2H3,(H,12,14)(H,15,16). The minimum atomic E-state index is -0.729. The van der Waals surface area contributed by atoms with Gasteiger partial charge in [-0.2, -0.15) is 0 Å². The molecule has 16 heavy (non-hydrogen) atoms. The van der Waals surface area contributed by atoms with E-state index < -0.39 is 5.97 Å². The average molecular weight is 230 g/mol. The Balaban J connectivity index is 3.33. The van der Waals surface area contributed by atoms with Gasteiger partial charge in [-0.1, -0.05) is 6.42 Å². The summed E-state index contributed by atoms with van der Waals surface area (Å²) in [4.78, 5) is 23.3. The molecule has 0 aromatic rings. The van der Waals surface area contributed by atoms with Crippen LogP contribution in [0.4, 0.5) is 0 Å². The average Bonchev–Trinajstić information content (AvgIpc) is 2.24. The van der Waals surface area contributed by atoms with E-state index in [0.717, 1.165) is 32.4 Å². The van der Waals surface area contributed by atoms with Gasteiger partial charge in [0.25, 0.3) is 0 Å². The molecule has 0 heterocycles. The van der Waals surface area contributed by atoms with Crippen LogP contribution in [0.15, 0.2) is 0 Å². The topological polar surface area (TPSA) is 69.6 Å². The predicted molar refractivity (Wildman–Crippen MR) is 62.3 cm³/mol. The third-order valence-electron chi connectivity index (χ3n) is 2.43. The van der Waals surface area contributed by atoms with Crippen molar-refractivity contribution in [2.75, 3.05) is 27.2 Å². The zero-order chi connectivity index (χ0) is 12.4. The molecular formula is C11H22N2O3. The fourth-order valence-corrected chi connectivity index (χ4v) is 1.36. The van der Waals surface area contributed by atoms with Crippen molar-refractivity contribution in [3.8, 4) is 0 Å². The molecule has 0 aliphatic carbocycles. The van der Waals surface area contributed by atoms with Gasteiger partial charge in [-0.15, -0.1) is 0 Å². The van der Waals surface area contributed by atoms with E-state index in [-0.39, 0.29) is 12.3 Å². The van der Waals surface area contributed by atoms with Crippen molar-refractivity contribution in [2.45, 2.75) is 32.1 Å². The smallest absolute Gasteiger partial charge is 0.303 e. The molecule has 0 aliphatic rings. The van der Waals surface area contributed by atoms with Crippen molar-refractivity contribution < 1.29 is 14.7 Å². The first-order valence-electron chi connectivity index (χ1n) is 5.67. The number of carbonyl (C=O) groups is 2. The summed E-state index contributed by atoms with van der Waals surface area (Å²) >= 11 is 0. The van der Waals surface area contributed by atoms with E-state index in [9.17, 15) is 9.59 Å². The van der Waals surface area contributed by atoms with Gasteiger partial charge in [-0.05, 0) is 26.4 Å². The molecule has 0 radical (unpaired) electrons. The van der Waals surface area contributed by atoms with Crippen molar-refractivity contribution in [1.29, 1.82) is 0 Å². The van der Waals surface area contributed by atoms with Gasteiger partial charge < -0.3 is 15.3 Å². The molecule has 0 aromatic carbocycles. The summed E-state index contributed by atoms with van der Waals surface area (Å²) < 4.78 is 0. The zero-order valence-corrected chi connectivity index (χ0v) is 10.2. The van der Waals surface area contributed by atoms with Crippen LogP contribution >= 0.6 is 0 Å². The molecule has 0 aromatic heterocycles. The minimum absolute atomic E-state index is 0.0535. The lowest BCUT2D eigenvalue weighted by Gasteiger charge is -2.15. The van der Waals surface area contributed by atoms with E-state index in [1.807, 2.05) is 7.05 Å². The van der Waals surface area contributed by atoms with E-state index >= 15 is 0 Å². The molecule has 0 rings (SSSR count). The third kappa shape index (κ3) is 9.45. The van der Waals surface area contributed by atoms with Gasteiger partial charge in [0.1, 0.15) is 0 Å². The van der Waals surface area contributed by atoms with E-state index in [2.05, 4.69) is 10.2 Å². The van der Waals surface area contributed by atoms with E-state index in [1.54, 1.807) is 7.05 Å². The Hall–Kier alpha value is -1.10. The lowest BCUT2D eigenvalue weighted by Crippen LogP contribution is -2.27. The van der Waals surface area contributed by atoms with Crippen LogP contribution in [0, 0.1) is 0 Å². The number of aliphatic carboxylic acids is 1. The lowest BCUT2D eigenvalue weighted by molar-refractivity contribution is -0.137. The minimum Gasteiger partial charge on any atom is -0.481 e. The molecule has 0 spiro atoms. The highest BCUT2D eigenvalue weighted by atomic mass is 16.4. The number of nitrogens with zero attached hydrogens (tertiary/aromatic N) is 1. The first kappa shape index (κ1) is 14.9. The van der Waals surface area contributed by atoms with Crippen LogP contribution < -0.4 is 5.32 Å². The third-order valence-corrected chi connectivity index (χ3v) is 2.43. The Bertz CT molecular complexity index is 219. The SMILES string of the molecule is CNC(=O)CCN(C)CCCCCC(=O)O. The lowest BCUT2D eigenvalue weighted by atomic mass is 10.2. The molecule has 0 unspecified atom stereocenters. The molecule has 5 nitrogen and oxygen atoms in total. The van der Waals surface area contributed by atoms with E-state index in [4.69, 9.17) is 5.11 Å². The number of hydrogen-bond donors (Lipinski definition) is 2. The number of hydrogen-bond acceptors (Lipinski definition) is 3. The van der Waals surface area contributed by atoms with Crippen molar-refractivity contribution in [3.05, 3.63) is 0 Å². The summed E-state index contributed by atoms with van der Waals surface area (Å²) in [6.45, 7) is 1.66. The fourth-order valence-electron chi connectivity index (χ4n) is 1.36. The Morgan fingerprint density at radius 1 is 1.12 bits per heavy atom. The van der Waals surface area contributed by atoms with Gasteiger partial charge in [0.05, 0.1) is 0 Å². The Morgan fingerprint density at radius 3 is 2.38 bits per heavy atom. The van der Waals surface area contributed by atoms with Crippen LogP contribution in [-0.4, -0.2) is 49.1 Å². The molecular weight excluding hydrogens is 208 g/mol. The molecule has 5 heteroatoms. The summed E-state index contributed by atoms with van der Waals surface area (Å²) in [6, 6.07) is 0. The highest BCUT2D eigenvalue weighted by molar-refractivity contribution is 5.75. The molecule has 0 fully saturated rings. The molecule has 0 saturated carbocycles. The largest absolute Gasteiger partial charge is 0.481 e. The summed E-state index contributed by atoms with van der Waals surface area (Å²) in [5, 5.41) is 11.0. The summed E-state index contributed by atoms with van der Waals surface area (Å²) in [7, 11) is 3.61. The van der Waals surface area contributed by atoms with E-state index in [1.165, 1.54) is 0 Å². The Kier molecular flexibility index (Phi) is 8.52. The second-order valence-electron chi connectivity index (χ2n) is 3.93. The zero-order valence-electron chi connectivity index (χ0n) is 10.2. The van der Waals surface area contributed by atoms with E-state index in [0.29, 0.717) is 6.42 Å². The van der Waals surface area contributed by atoms with Gasteiger partial charge >= 0.3 is 5.97 Å². The predicted octanol–water partition coefficient (Wildman–Crippen LogP) is 0.699. The number of amides is 1. The number of carbonyl (C=O) groups excluding carboxylic acids is 1. The molecule has 1 amide bonds. The second kappa shape index (κ2) is 9.15. The van der Waals surface area contributed by atoms with Crippen LogP contribution in [0.2, 0.25) is 0 Å². The normalized spacial score (nSPS) is 10.4. The van der Waals surface area contributed by atoms with Crippen molar-refractivity contribution >= 4 is 11.9 Å². The maximum absolute atomic E-state index is 11.0. The highest BCUT2D eigenvalue weighted by Gasteiger charge is 2.02. The first-order valence-corrected chi connectivity index (χ1v) is 5.67. The highest BCUT2D eigenvalue weighted by Crippen LogP contribution is 2.01. The number of rotatable bonds is 9. The van der Waals surface area contributed by atoms with Crippen LogP contribution in [0.3, 0.4) is 0 Å². The fraction of sp³-hybridized carbons (Fsp3) is 0.818. The van der Waals surface area contributed by atoms with Crippen LogP contribution in [0.25, 0.3) is 0 Å². The van der Waals surface area contributed by atoms with Crippen molar-refractivity contribution in [2.24, 2.45) is 0 Å². The second-order valence-corrected chi connectivity index (χ2v) is 3.93. The van der Waals surface area contributed by atoms with Crippen LogP contribution in [-0.2, 0) is 9.59 Å². The van der Waals surface area contributed by atoms with Gasteiger partial charge in [-0.3, -0.25) is 9.59 Å². The summed E-state index contributed by atoms with van der Waals surface area (Å²) in [5.74, 6) is -0.675. The van der Waals surface area contributed by atoms with Gasteiger partial charge in [0.15, 0.2) is 0 Å². The number of carboxylic acid groups (broad SMARTS) is 1. The van der Waals surface area contributed by atoms with Gasteiger partial charge in [0.2, 0.25) is 5.91 Å². The summed E-state index contributed by atoms with van der Waals surface area (Å²) in [6.07, 6.45) is 3.41. The number of unbranched alkanes of at least 4 members (excludes halogenated alkanes) is 2. The maximum atomic E-state index is 11.0. The monoisotopic (exact) mass is 230 g/mol. The number of nitrogens with one attached hydrogen (secondary N) is 1. The van der Waals surface area contributed by atoms with Crippen LogP contribution in [0.5, 0.6) is 0 Å². The molecule has 0 saturated heterocycles. The number of carboxylic acids is 1. The molecule has 0 atom stereocenters. The quantitative estimate of drug-likeness (QED) is 0.572. The Labute approximate surface area is 96.8 Å². The van der Waals surface area contributed by atoms with Crippen molar-refractivity contribution in [3.63, 3.8) is 0 Å². The molecule has 0 aliphatic heterocycles. The van der Waals surface area contributed by atoms with Gasteiger partial charge in [0, 0.05) is 26.4 Å². The van der Waals surface area contributed by atoms with Crippen LogP contribution in [0.1, 0.15) is 32.1 Å².